The van der Waals surface area contributed by atoms with E-state index in [1.54, 1.807) is 0 Å². The fourth-order valence-electron chi connectivity index (χ4n) is 4.55. The lowest BCUT2D eigenvalue weighted by Crippen LogP contribution is -2.54. The van der Waals surface area contributed by atoms with Crippen molar-refractivity contribution < 1.29 is 4.79 Å². The summed E-state index contributed by atoms with van der Waals surface area (Å²) in [5.74, 6) is 2.42. The number of rotatable bonds is 3. The number of carbonyl (C=O) groups is 1. The Bertz CT molecular complexity index is 591. The van der Waals surface area contributed by atoms with Crippen molar-refractivity contribution in [1.29, 1.82) is 0 Å². The minimum absolute atomic E-state index is 0. The van der Waals surface area contributed by atoms with Gasteiger partial charge in [-0.2, -0.15) is 4.37 Å². The summed E-state index contributed by atoms with van der Waals surface area (Å²) in [5.41, 5.74) is 6.33. The number of hydrogen-bond donors (Lipinski definition) is 1. The molecular weight excluding hydrogens is 381 g/mol. The van der Waals surface area contributed by atoms with E-state index in [1.165, 1.54) is 30.8 Å². The van der Waals surface area contributed by atoms with Crippen molar-refractivity contribution >= 4 is 47.4 Å². The van der Waals surface area contributed by atoms with Crippen LogP contribution in [0.3, 0.4) is 0 Å². The van der Waals surface area contributed by atoms with E-state index in [2.05, 4.69) is 21.2 Å². The fourth-order valence-corrected chi connectivity index (χ4v) is 5.35. The largest absolute Gasteiger partial charge is 0.343 e. The first kappa shape index (κ1) is 20.7. The second-order valence-electron chi connectivity index (χ2n) is 7.10. The van der Waals surface area contributed by atoms with Crippen molar-refractivity contribution in [2.75, 3.05) is 31.1 Å². The van der Waals surface area contributed by atoms with E-state index < -0.39 is 0 Å². The Kier molecular flexibility index (Phi) is 6.93. The molecule has 0 radical (unpaired) electrons. The number of aryl methyl sites for hydroxylation is 1. The van der Waals surface area contributed by atoms with Gasteiger partial charge in [0, 0.05) is 50.2 Å². The Morgan fingerprint density at radius 2 is 1.88 bits per heavy atom. The minimum Gasteiger partial charge on any atom is -0.343 e. The molecule has 2 N–H and O–H groups in total. The zero-order valence-electron chi connectivity index (χ0n) is 14.5. The van der Waals surface area contributed by atoms with E-state index in [-0.39, 0.29) is 36.8 Å². The molecule has 1 aromatic heterocycles. The molecule has 4 unspecified atom stereocenters. The number of carbonyl (C=O) groups excluding carboxylic acids is 1. The van der Waals surface area contributed by atoms with Gasteiger partial charge in [0.25, 0.3) is 0 Å². The van der Waals surface area contributed by atoms with Gasteiger partial charge in [-0.05, 0) is 31.1 Å². The lowest BCUT2D eigenvalue weighted by Gasteiger charge is -2.38. The van der Waals surface area contributed by atoms with E-state index in [0.717, 1.165) is 43.6 Å². The monoisotopic (exact) mass is 407 g/mol. The Morgan fingerprint density at radius 1 is 1.20 bits per heavy atom. The van der Waals surface area contributed by atoms with Gasteiger partial charge in [-0.15, -0.1) is 24.8 Å². The number of piperazine rings is 1. The van der Waals surface area contributed by atoms with Gasteiger partial charge in [0.2, 0.25) is 11.0 Å². The van der Waals surface area contributed by atoms with Gasteiger partial charge >= 0.3 is 0 Å². The molecule has 2 bridgehead atoms. The summed E-state index contributed by atoms with van der Waals surface area (Å²) in [6.07, 6.45) is 4.46. The molecule has 1 aliphatic heterocycles. The van der Waals surface area contributed by atoms with Gasteiger partial charge in [0.15, 0.2) is 0 Å². The van der Waals surface area contributed by atoms with Crippen molar-refractivity contribution in [3.63, 3.8) is 0 Å². The highest BCUT2D eigenvalue weighted by Crippen LogP contribution is 2.48. The summed E-state index contributed by atoms with van der Waals surface area (Å²) >= 11 is 1.47. The van der Waals surface area contributed by atoms with Crippen LogP contribution in [0.2, 0.25) is 0 Å². The fraction of sp³-hybridized carbons (Fsp3) is 0.812. The standard InChI is InChI=1S/C16H25N5OS.2ClH/c1-2-12-18-16(23-19-12)21-7-5-20(6-8-21)15(22)13-10-3-4-11(9-10)14(13)17;;/h10-11,13-14H,2-9,17H2,1H3;2*1H. The number of halogens is 2. The number of hydrogen-bond acceptors (Lipinski definition) is 6. The molecule has 3 fully saturated rings. The van der Waals surface area contributed by atoms with Crippen molar-refractivity contribution in [2.24, 2.45) is 23.5 Å². The third-order valence-electron chi connectivity index (χ3n) is 5.90. The number of fused-ring (bicyclic) bond motifs is 2. The summed E-state index contributed by atoms with van der Waals surface area (Å²) in [6.45, 7) is 5.32. The van der Waals surface area contributed by atoms with E-state index in [9.17, 15) is 4.79 Å². The summed E-state index contributed by atoms with van der Waals surface area (Å²) in [7, 11) is 0. The van der Waals surface area contributed by atoms with Crippen LogP contribution < -0.4 is 10.6 Å². The molecule has 4 rings (SSSR count). The molecule has 0 spiro atoms. The number of anilines is 1. The lowest BCUT2D eigenvalue weighted by molar-refractivity contribution is -0.138. The highest BCUT2D eigenvalue weighted by molar-refractivity contribution is 7.09. The second kappa shape index (κ2) is 8.37. The molecule has 1 aromatic rings. The Morgan fingerprint density at radius 3 is 2.44 bits per heavy atom. The summed E-state index contributed by atoms with van der Waals surface area (Å²) in [4.78, 5) is 21.7. The molecule has 1 saturated heterocycles. The number of amides is 1. The molecule has 25 heavy (non-hydrogen) atoms. The molecule has 2 aliphatic carbocycles. The molecule has 1 amide bonds. The van der Waals surface area contributed by atoms with Crippen molar-refractivity contribution in [3.8, 4) is 0 Å². The van der Waals surface area contributed by atoms with Gasteiger partial charge in [-0.1, -0.05) is 6.92 Å². The van der Waals surface area contributed by atoms with Crippen LogP contribution >= 0.6 is 36.3 Å². The Labute approximate surface area is 165 Å². The predicted octanol–water partition coefficient (Wildman–Crippen LogP) is 1.97. The number of nitrogens with two attached hydrogens (primary N) is 1. The normalized spacial score (nSPS) is 30.8. The molecular formula is C16H27Cl2N5OS. The molecule has 0 aromatic carbocycles. The summed E-state index contributed by atoms with van der Waals surface area (Å²) in [6, 6.07) is 0.0922. The maximum absolute atomic E-state index is 12.9. The highest BCUT2D eigenvalue weighted by atomic mass is 35.5. The predicted molar refractivity (Wildman–Crippen MR) is 105 cm³/mol. The van der Waals surface area contributed by atoms with Crippen molar-refractivity contribution in [3.05, 3.63) is 5.82 Å². The third-order valence-corrected chi connectivity index (χ3v) is 6.72. The highest BCUT2D eigenvalue weighted by Gasteiger charge is 2.50. The van der Waals surface area contributed by atoms with Gasteiger partial charge in [-0.3, -0.25) is 4.79 Å². The smallest absolute Gasteiger partial charge is 0.227 e. The van der Waals surface area contributed by atoms with E-state index >= 15 is 0 Å². The second-order valence-corrected chi connectivity index (χ2v) is 7.83. The van der Waals surface area contributed by atoms with Gasteiger partial charge in [-0.25, -0.2) is 4.98 Å². The molecule has 142 valence electrons. The van der Waals surface area contributed by atoms with Crippen LogP contribution in [-0.4, -0.2) is 52.4 Å². The van der Waals surface area contributed by atoms with Gasteiger partial charge < -0.3 is 15.5 Å². The molecule has 2 heterocycles. The zero-order valence-corrected chi connectivity index (χ0v) is 16.9. The lowest BCUT2D eigenvalue weighted by atomic mass is 9.84. The Hall–Kier alpha value is -0.630. The first-order valence-electron chi connectivity index (χ1n) is 8.79. The van der Waals surface area contributed by atoms with Crippen molar-refractivity contribution in [2.45, 2.75) is 38.6 Å². The molecule has 4 atom stereocenters. The topological polar surface area (TPSA) is 75.4 Å². The number of nitrogens with zero attached hydrogens (tertiary/aromatic N) is 4. The molecule has 3 aliphatic rings. The van der Waals surface area contributed by atoms with E-state index in [0.29, 0.717) is 17.7 Å². The average Bonchev–Trinajstić information content (AvgIpc) is 3.30. The Balaban J connectivity index is 0.00000113. The molecule has 2 saturated carbocycles. The van der Waals surface area contributed by atoms with E-state index in [1.807, 2.05) is 4.90 Å². The molecule has 9 heteroatoms. The van der Waals surface area contributed by atoms with E-state index in [4.69, 9.17) is 5.73 Å². The third kappa shape index (κ3) is 3.75. The quantitative estimate of drug-likeness (QED) is 0.828. The van der Waals surface area contributed by atoms with Crippen LogP contribution in [0.5, 0.6) is 0 Å². The van der Waals surface area contributed by atoms with Crippen LogP contribution in [0.25, 0.3) is 0 Å². The van der Waals surface area contributed by atoms with Crippen LogP contribution in [0.1, 0.15) is 32.0 Å². The SMILES string of the molecule is CCc1nsc(N2CCN(C(=O)C3C4CCC(C4)C3N)CC2)n1.Cl.Cl. The van der Waals surface area contributed by atoms with Crippen LogP contribution in [-0.2, 0) is 11.2 Å². The summed E-state index contributed by atoms with van der Waals surface area (Å²) < 4.78 is 4.35. The summed E-state index contributed by atoms with van der Waals surface area (Å²) in [5, 5.41) is 0.991. The van der Waals surface area contributed by atoms with Crippen LogP contribution in [0.4, 0.5) is 5.13 Å². The zero-order chi connectivity index (χ0) is 16.0. The van der Waals surface area contributed by atoms with Gasteiger partial charge in [0.1, 0.15) is 5.82 Å². The van der Waals surface area contributed by atoms with Crippen LogP contribution in [0, 0.1) is 17.8 Å². The first-order valence-corrected chi connectivity index (χ1v) is 9.56. The first-order chi connectivity index (χ1) is 11.2. The van der Waals surface area contributed by atoms with Gasteiger partial charge in [0.05, 0.1) is 5.92 Å². The van der Waals surface area contributed by atoms with Crippen molar-refractivity contribution in [1.82, 2.24) is 14.3 Å². The average molecular weight is 408 g/mol. The van der Waals surface area contributed by atoms with Crippen LogP contribution in [0.15, 0.2) is 0 Å². The molecule has 6 nitrogen and oxygen atoms in total. The maximum Gasteiger partial charge on any atom is 0.227 e. The maximum atomic E-state index is 12.9. The minimum atomic E-state index is 0. The number of aromatic nitrogens is 2.